The van der Waals surface area contributed by atoms with E-state index in [0.717, 1.165) is 44.5 Å². The molecule has 32 heavy (non-hydrogen) atoms. The number of rotatable bonds is 2. The number of furan rings is 2. The van der Waals surface area contributed by atoms with E-state index in [2.05, 4.69) is 69.3 Å². The van der Waals surface area contributed by atoms with Crippen LogP contribution in [0.1, 0.15) is 26.3 Å². The first kappa shape index (κ1) is 18.9. The van der Waals surface area contributed by atoms with Gasteiger partial charge in [-0.3, -0.25) is 4.98 Å². The summed E-state index contributed by atoms with van der Waals surface area (Å²) in [7, 11) is 0. The molecule has 6 aromatic rings. The first-order valence-electron chi connectivity index (χ1n) is 10.9. The average molecular weight is 418 g/mol. The number of benzene rings is 3. The Morgan fingerprint density at radius 3 is 2.41 bits per heavy atom. The number of hydrogen-bond donors (Lipinski definition) is 0. The van der Waals surface area contributed by atoms with Gasteiger partial charge in [0, 0.05) is 22.5 Å². The molecule has 0 amide bonds. The minimum absolute atomic E-state index is 0.00748. The maximum Gasteiger partial charge on any atom is 0.161 e. The average Bonchev–Trinajstić information content (AvgIpc) is 3.41. The lowest BCUT2D eigenvalue weighted by Gasteiger charge is -2.22. The highest BCUT2D eigenvalue weighted by atomic mass is 16.3. The van der Waals surface area contributed by atoms with Gasteiger partial charge in [-0.1, -0.05) is 63.2 Å². The Bertz CT molecular complexity index is 1610. The number of pyridine rings is 1. The summed E-state index contributed by atoms with van der Waals surface area (Å²) in [5.41, 5.74) is 5.84. The van der Waals surface area contributed by atoms with Crippen LogP contribution < -0.4 is 0 Å². The van der Waals surface area contributed by atoms with Crippen molar-refractivity contribution in [3.63, 3.8) is 0 Å². The Morgan fingerprint density at radius 2 is 1.56 bits per heavy atom. The molecule has 3 aromatic carbocycles. The van der Waals surface area contributed by atoms with Crippen molar-refractivity contribution in [2.75, 3.05) is 0 Å². The summed E-state index contributed by atoms with van der Waals surface area (Å²) in [5.74, 6) is 0.788. The van der Waals surface area contributed by atoms with E-state index in [9.17, 15) is 0 Å². The van der Waals surface area contributed by atoms with Crippen LogP contribution in [0.3, 0.4) is 0 Å². The van der Waals surface area contributed by atoms with E-state index in [1.807, 2.05) is 30.5 Å². The summed E-state index contributed by atoms with van der Waals surface area (Å²) in [6, 6.07) is 25.1. The number of para-hydroxylation sites is 1. The first-order chi connectivity index (χ1) is 15.5. The monoisotopic (exact) mass is 417 g/mol. The van der Waals surface area contributed by atoms with Gasteiger partial charge in [-0.25, -0.2) is 0 Å². The van der Waals surface area contributed by atoms with Gasteiger partial charge in [-0.05, 0) is 52.1 Å². The molecule has 156 valence electrons. The highest BCUT2D eigenvalue weighted by molar-refractivity contribution is 5.99. The summed E-state index contributed by atoms with van der Waals surface area (Å²) in [6.45, 7) is 6.75. The van der Waals surface area contributed by atoms with E-state index in [1.54, 1.807) is 6.26 Å². The molecule has 0 fully saturated rings. The van der Waals surface area contributed by atoms with Crippen LogP contribution >= 0.6 is 0 Å². The van der Waals surface area contributed by atoms with Crippen molar-refractivity contribution in [1.29, 1.82) is 0 Å². The third kappa shape index (κ3) is 2.93. The quantitative estimate of drug-likeness (QED) is 0.284. The van der Waals surface area contributed by atoms with Crippen molar-refractivity contribution in [2.24, 2.45) is 0 Å². The second-order valence-corrected chi connectivity index (χ2v) is 9.33. The van der Waals surface area contributed by atoms with Crippen molar-refractivity contribution in [2.45, 2.75) is 26.2 Å². The molecule has 0 spiro atoms. The molecule has 0 aliphatic carbocycles. The molecule has 0 saturated carbocycles. The largest absolute Gasteiger partial charge is 0.464 e. The Labute approximate surface area is 186 Å². The molecule has 3 aromatic heterocycles. The predicted molar refractivity (Wildman–Crippen MR) is 131 cm³/mol. The van der Waals surface area contributed by atoms with Crippen LogP contribution in [0.25, 0.3) is 55.3 Å². The Kier molecular flexibility index (Phi) is 4.03. The molecule has 0 radical (unpaired) electrons. The topological polar surface area (TPSA) is 39.2 Å². The fraction of sp³-hybridized carbons (Fsp3) is 0.138. The van der Waals surface area contributed by atoms with Crippen LogP contribution in [0.15, 0.2) is 94.1 Å². The molecule has 3 heterocycles. The standard InChI is InChI=1S/C29H23NO2/c1-29(2,3)24-15-20(14-18-8-4-5-9-21(18)24)27-28-19(12-13-30-27)16-26(32-28)23-17-31-25-11-7-6-10-22(23)25/h4-17H,1-3H3. The zero-order valence-corrected chi connectivity index (χ0v) is 18.3. The minimum Gasteiger partial charge on any atom is -0.464 e. The maximum atomic E-state index is 6.42. The molecule has 0 atom stereocenters. The molecule has 3 heteroatoms. The zero-order chi connectivity index (χ0) is 21.9. The van der Waals surface area contributed by atoms with E-state index in [-0.39, 0.29) is 5.41 Å². The van der Waals surface area contributed by atoms with Crippen LogP contribution in [0.4, 0.5) is 0 Å². The first-order valence-corrected chi connectivity index (χ1v) is 10.9. The van der Waals surface area contributed by atoms with Crippen LogP contribution in [0, 0.1) is 0 Å². The molecule has 0 aliphatic heterocycles. The lowest BCUT2D eigenvalue weighted by atomic mass is 9.82. The van der Waals surface area contributed by atoms with Crippen LogP contribution in [-0.4, -0.2) is 4.98 Å². The van der Waals surface area contributed by atoms with Gasteiger partial charge in [0.1, 0.15) is 23.3 Å². The SMILES string of the molecule is CC(C)(C)c1cc(-c2nccc3cc(-c4coc5ccccc45)oc23)cc2ccccc12. The Balaban J connectivity index is 1.59. The smallest absolute Gasteiger partial charge is 0.161 e. The second kappa shape index (κ2) is 6.83. The third-order valence-corrected chi connectivity index (χ3v) is 6.12. The van der Waals surface area contributed by atoms with E-state index in [4.69, 9.17) is 13.8 Å². The maximum absolute atomic E-state index is 6.42. The van der Waals surface area contributed by atoms with Gasteiger partial charge in [0.25, 0.3) is 0 Å². The molecule has 0 unspecified atom stereocenters. The van der Waals surface area contributed by atoms with Crippen LogP contribution in [0.5, 0.6) is 0 Å². The third-order valence-electron chi connectivity index (χ3n) is 6.12. The Morgan fingerprint density at radius 1 is 0.781 bits per heavy atom. The van der Waals surface area contributed by atoms with E-state index < -0.39 is 0 Å². The number of aromatic nitrogens is 1. The Hall–Kier alpha value is -3.85. The highest BCUT2D eigenvalue weighted by Gasteiger charge is 2.21. The molecule has 3 nitrogen and oxygen atoms in total. The van der Waals surface area contributed by atoms with Crippen molar-refractivity contribution in [1.82, 2.24) is 4.98 Å². The second-order valence-electron chi connectivity index (χ2n) is 9.33. The normalized spacial score (nSPS) is 12.2. The van der Waals surface area contributed by atoms with Crippen LogP contribution in [0.2, 0.25) is 0 Å². The zero-order valence-electron chi connectivity index (χ0n) is 18.3. The van der Waals surface area contributed by atoms with Crippen molar-refractivity contribution in [3.8, 4) is 22.6 Å². The summed E-state index contributed by atoms with van der Waals surface area (Å²) in [4.78, 5) is 4.75. The molecular formula is C29H23NO2. The highest BCUT2D eigenvalue weighted by Crippen LogP contribution is 2.39. The number of fused-ring (bicyclic) bond motifs is 3. The predicted octanol–water partition coefficient (Wildman–Crippen LogP) is 8.36. The molecule has 0 saturated heterocycles. The van der Waals surface area contributed by atoms with E-state index in [1.165, 1.54) is 16.3 Å². The number of nitrogens with zero attached hydrogens (tertiary/aromatic N) is 1. The molecule has 0 bridgehead atoms. The van der Waals surface area contributed by atoms with Gasteiger partial charge in [-0.2, -0.15) is 0 Å². The lowest BCUT2D eigenvalue weighted by Crippen LogP contribution is -2.12. The number of hydrogen-bond acceptors (Lipinski definition) is 3. The summed E-state index contributed by atoms with van der Waals surface area (Å²) in [5, 5.41) is 4.56. The van der Waals surface area contributed by atoms with Crippen LogP contribution in [-0.2, 0) is 5.41 Å². The fourth-order valence-electron chi connectivity index (χ4n) is 4.54. The minimum atomic E-state index is 0.00748. The van der Waals surface area contributed by atoms with Gasteiger partial charge < -0.3 is 8.83 Å². The van der Waals surface area contributed by atoms with Gasteiger partial charge in [0.05, 0.1) is 5.56 Å². The van der Waals surface area contributed by atoms with Gasteiger partial charge >= 0.3 is 0 Å². The molecular weight excluding hydrogens is 394 g/mol. The van der Waals surface area contributed by atoms with E-state index in [0.29, 0.717) is 0 Å². The van der Waals surface area contributed by atoms with Crippen molar-refractivity contribution >= 4 is 32.7 Å². The van der Waals surface area contributed by atoms with Gasteiger partial charge in [-0.15, -0.1) is 0 Å². The van der Waals surface area contributed by atoms with Gasteiger partial charge in [0.2, 0.25) is 0 Å². The molecule has 0 aliphatic rings. The molecule has 0 N–H and O–H groups in total. The van der Waals surface area contributed by atoms with Crippen molar-refractivity contribution in [3.05, 3.63) is 90.8 Å². The van der Waals surface area contributed by atoms with E-state index >= 15 is 0 Å². The van der Waals surface area contributed by atoms with Gasteiger partial charge in [0.15, 0.2) is 5.58 Å². The fourth-order valence-corrected chi connectivity index (χ4v) is 4.54. The summed E-state index contributed by atoms with van der Waals surface area (Å²) < 4.78 is 12.2. The summed E-state index contributed by atoms with van der Waals surface area (Å²) in [6.07, 6.45) is 3.62. The molecule has 6 rings (SSSR count). The van der Waals surface area contributed by atoms with Crippen molar-refractivity contribution < 1.29 is 8.83 Å². The lowest BCUT2D eigenvalue weighted by molar-refractivity contribution is 0.596. The summed E-state index contributed by atoms with van der Waals surface area (Å²) >= 11 is 0.